The summed E-state index contributed by atoms with van der Waals surface area (Å²) in [6.07, 6.45) is 3.63. The summed E-state index contributed by atoms with van der Waals surface area (Å²) in [6, 6.07) is 2.86. The first-order valence-corrected chi connectivity index (χ1v) is 7.87. The molecule has 0 aliphatic heterocycles. The first-order chi connectivity index (χ1) is 8.11. The number of aryl methyl sites for hydroxylation is 1. The third-order valence-corrected chi connectivity index (χ3v) is 5.21. The number of halogens is 1. The lowest BCUT2D eigenvalue weighted by atomic mass is 9.92. The van der Waals surface area contributed by atoms with Gasteiger partial charge in [-0.3, -0.25) is 0 Å². The molecule has 1 aromatic heterocycles. The van der Waals surface area contributed by atoms with Crippen molar-refractivity contribution in [3.8, 4) is 0 Å². The third kappa shape index (κ3) is 3.11. The van der Waals surface area contributed by atoms with Gasteiger partial charge < -0.3 is 10.4 Å². The van der Waals surface area contributed by atoms with Crippen LogP contribution in [0.2, 0.25) is 0 Å². The standard InChI is InChI=1S/C13H20BrNOS/c1-8(2)11(7-16)15-10-4-3-5-12-9(10)6-13(14)17-12/h6,8,10-11,15-16H,3-5,7H2,1-2H3. The summed E-state index contributed by atoms with van der Waals surface area (Å²) in [6.45, 7) is 4.52. The fourth-order valence-corrected chi connectivity index (χ4v) is 4.23. The summed E-state index contributed by atoms with van der Waals surface area (Å²) in [5, 5.41) is 13.0. The van der Waals surface area contributed by atoms with Crippen LogP contribution in [-0.4, -0.2) is 17.8 Å². The van der Waals surface area contributed by atoms with E-state index in [1.165, 1.54) is 33.5 Å². The average molecular weight is 318 g/mol. The Bertz CT molecular complexity index is 377. The van der Waals surface area contributed by atoms with Gasteiger partial charge in [0.25, 0.3) is 0 Å². The summed E-state index contributed by atoms with van der Waals surface area (Å²) >= 11 is 5.42. The second-order valence-corrected chi connectivity index (χ2v) is 7.59. The van der Waals surface area contributed by atoms with Gasteiger partial charge in [0.1, 0.15) is 0 Å². The largest absolute Gasteiger partial charge is 0.395 e. The normalized spacial score (nSPS) is 21.6. The average Bonchev–Trinajstić information content (AvgIpc) is 2.66. The topological polar surface area (TPSA) is 32.3 Å². The predicted octanol–water partition coefficient (Wildman–Crippen LogP) is 3.49. The molecule has 0 amide bonds. The van der Waals surface area contributed by atoms with Crippen molar-refractivity contribution in [2.24, 2.45) is 5.92 Å². The minimum atomic E-state index is 0.199. The van der Waals surface area contributed by atoms with Crippen molar-refractivity contribution in [1.29, 1.82) is 0 Å². The minimum Gasteiger partial charge on any atom is -0.395 e. The van der Waals surface area contributed by atoms with E-state index < -0.39 is 0 Å². The van der Waals surface area contributed by atoms with Crippen LogP contribution in [-0.2, 0) is 6.42 Å². The molecule has 2 nitrogen and oxygen atoms in total. The Morgan fingerprint density at radius 2 is 2.35 bits per heavy atom. The van der Waals surface area contributed by atoms with Gasteiger partial charge >= 0.3 is 0 Å². The Balaban J connectivity index is 2.12. The van der Waals surface area contributed by atoms with Gasteiger partial charge in [0.2, 0.25) is 0 Å². The van der Waals surface area contributed by atoms with Gasteiger partial charge in [-0.2, -0.15) is 0 Å². The van der Waals surface area contributed by atoms with Crippen molar-refractivity contribution < 1.29 is 5.11 Å². The van der Waals surface area contributed by atoms with E-state index in [1.54, 1.807) is 0 Å². The van der Waals surface area contributed by atoms with Gasteiger partial charge in [0.15, 0.2) is 0 Å². The Hall–Kier alpha value is 0.100. The fourth-order valence-electron chi connectivity index (χ4n) is 2.41. The van der Waals surface area contributed by atoms with E-state index in [4.69, 9.17) is 0 Å². The maximum Gasteiger partial charge on any atom is 0.0704 e. The van der Waals surface area contributed by atoms with Gasteiger partial charge in [-0.15, -0.1) is 11.3 Å². The number of fused-ring (bicyclic) bond motifs is 1. The van der Waals surface area contributed by atoms with Crippen LogP contribution in [0.25, 0.3) is 0 Å². The maximum atomic E-state index is 9.41. The highest BCUT2D eigenvalue weighted by atomic mass is 79.9. The van der Waals surface area contributed by atoms with Crippen LogP contribution in [0.3, 0.4) is 0 Å². The molecular formula is C13H20BrNOS. The highest BCUT2D eigenvalue weighted by molar-refractivity contribution is 9.11. The van der Waals surface area contributed by atoms with E-state index in [1.807, 2.05) is 11.3 Å². The Morgan fingerprint density at radius 3 is 3.00 bits per heavy atom. The second kappa shape index (κ2) is 5.83. The van der Waals surface area contributed by atoms with E-state index in [2.05, 4.69) is 41.2 Å². The van der Waals surface area contributed by atoms with E-state index in [9.17, 15) is 5.11 Å². The van der Waals surface area contributed by atoms with Crippen LogP contribution < -0.4 is 5.32 Å². The minimum absolute atomic E-state index is 0.199. The SMILES string of the molecule is CC(C)C(CO)NC1CCCc2sc(Br)cc21. The fraction of sp³-hybridized carbons (Fsp3) is 0.692. The number of hydrogen-bond donors (Lipinski definition) is 2. The Labute approximate surface area is 116 Å². The van der Waals surface area contributed by atoms with Gasteiger partial charge in [0.05, 0.1) is 10.4 Å². The molecule has 96 valence electrons. The third-order valence-electron chi connectivity index (χ3n) is 3.50. The summed E-state index contributed by atoms with van der Waals surface area (Å²) < 4.78 is 1.22. The molecule has 0 fully saturated rings. The molecule has 1 aromatic rings. The van der Waals surface area contributed by atoms with E-state index in [0.717, 1.165) is 0 Å². The zero-order chi connectivity index (χ0) is 12.4. The lowest BCUT2D eigenvalue weighted by Gasteiger charge is -2.30. The first kappa shape index (κ1) is 13.5. The second-order valence-electron chi connectivity index (χ2n) is 5.07. The van der Waals surface area contributed by atoms with Gasteiger partial charge in [0, 0.05) is 17.0 Å². The zero-order valence-corrected chi connectivity index (χ0v) is 12.8. The van der Waals surface area contributed by atoms with E-state index in [-0.39, 0.29) is 12.6 Å². The van der Waals surface area contributed by atoms with Gasteiger partial charge in [-0.05, 0) is 52.7 Å². The molecule has 2 rings (SSSR count). The summed E-state index contributed by atoms with van der Waals surface area (Å²) in [4.78, 5) is 1.50. The smallest absolute Gasteiger partial charge is 0.0704 e. The monoisotopic (exact) mass is 317 g/mol. The van der Waals surface area contributed by atoms with Crippen LogP contribution in [0, 0.1) is 5.92 Å². The van der Waals surface area contributed by atoms with Crippen molar-refractivity contribution in [1.82, 2.24) is 5.32 Å². The molecule has 1 heterocycles. The molecule has 2 unspecified atom stereocenters. The molecule has 1 aliphatic carbocycles. The van der Waals surface area contributed by atoms with E-state index in [0.29, 0.717) is 12.0 Å². The lowest BCUT2D eigenvalue weighted by molar-refractivity contribution is 0.195. The molecule has 1 aliphatic rings. The molecule has 4 heteroatoms. The molecule has 0 saturated heterocycles. The molecule has 0 bridgehead atoms. The molecule has 2 N–H and O–H groups in total. The molecule has 0 spiro atoms. The van der Waals surface area contributed by atoms with Crippen LogP contribution in [0.15, 0.2) is 9.85 Å². The van der Waals surface area contributed by atoms with E-state index >= 15 is 0 Å². The highest BCUT2D eigenvalue weighted by Gasteiger charge is 2.25. The molecular weight excluding hydrogens is 298 g/mol. The van der Waals surface area contributed by atoms with Crippen LogP contribution in [0.4, 0.5) is 0 Å². The molecule has 0 aromatic carbocycles. The van der Waals surface area contributed by atoms with Crippen LogP contribution >= 0.6 is 27.3 Å². The van der Waals surface area contributed by atoms with Crippen molar-refractivity contribution in [2.45, 2.75) is 45.2 Å². The lowest BCUT2D eigenvalue weighted by Crippen LogP contribution is -2.40. The van der Waals surface area contributed by atoms with Crippen molar-refractivity contribution >= 4 is 27.3 Å². The number of thiophene rings is 1. The maximum absolute atomic E-state index is 9.41. The Morgan fingerprint density at radius 1 is 1.59 bits per heavy atom. The number of aliphatic hydroxyl groups excluding tert-OH is 1. The van der Waals surface area contributed by atoms with Crippen LogP contribution in [0.5, 0.6) is 0 Å². The summed E-state index contributed by atoms with van der Waals surface area (Å²) in [7, 11) is 0. The quantitative estimate of drug-likeness (QED) is 0.891. The molecule has 0 saturated carbocycles. The number of nitrogens with one attached hydrogen (secondary N) is 1. The number of aliphatic hydroxyl groups is 1. The van der Waals surface area contributed by atoms with Crippen molar-refractivity contribution in [2.75, 3.05) is 6.61 Å². The van der Waals surface area contributed by atoms with Crippen molar-refractivity contribution in [3.63, 3.8) is 0 Å². The zero-order valence-electron chi connectivity index (χ0n) is 10.4. The Kier molecular flexibility index (Phi) is 4.64. The van der Waals surface area contributed by atoms with Gasteiger partial charge in [-0.25, -0.2) is 0 Å². The number of rotatable bonds is 4. The van der Waals surface area contributed by atoms with Gasteiger partial charge in [-0.1, -0.05) is 13.8 Å². The van der Waals surface area contributed by atoms with Crippen LogP contribution in [0.1, 0.15) is 43.2 Å². The summed E-state index contributed by atoms with van der Waals surface area (Å²) in [5.41, 5.74) is 1.44. The first-order valence-electron chi connectivity index (χ1n) is 6.26. The van der Waals surface area contributed by atoms with Crippen molar-refractivity contribution in [3.05, 3.63) is 20.3 Å². The highest BCUT2D eigenvalue weighted by Crippen LogP contribution is 2.38. The molecule has 17 heavy (non-hydrogen) atoms. The predicted molar refractivity (Wildman–Crippen MR) is 76.5 cm³/mol. The number of hydrogen-bond acceptors (Lipinski definition) is 3. The summed E-state index contributed by atoms with van der Waals surface area (Å²) in [5.74, 6) is 0.465. The molecule has 2 atom stereocenters. The molecule has 0 radical (unpaired) electrons.